The number of rotatable bonds is 4. The van der Waals surface area contributed by atoms with Crippen molar-refractivity contribution in [3.8, 4) is 11.4 Å². The molecule has 1 aliphatic heterocycles. The number of hydrogen-bond donors (Lipinski definition) is 2. The van der Waals surface area contributed by atoms with Gasteiger partial charge in [-0.05, 0) is 30.0 Å². The molecule has 1 aliphatic rings. The van der Waals surface area contributed by atoms with E-state index in [-0.39, 0.29) is 12.0 Å². The van der Waals surface area contributed by atoms with E-state index in [9.17, 15) is 4.39 Å². The van der Waals surface area contributed by atoms with Gasteiger partial charge in [-0.25, -0.2) is 14.4 Å². The highest BCUT2D eigenvalue weighted by Crippen LogP contribution is 2.26. The van der Waals surface area contributed by atoms with Gasteiger partial charge < -0.3 is 10.6 Å². The molecule has 0 saturated carbocycles. The van der Waals surface area contributed by atoms with E-state index in [2.05, 4.69) is 55.6 Å². The quantitative estimate of drug-likeness (QED) is 0.539. The van der Waals surface area contributed by atoms with Crippen molar-refractivity contribution < 1.29 is 4.39 Å². The van der Waals surface area contributed by atoms with Gasteiger partial charge in [0.25, 0.3) is 0 Å². The fourth-order valence-corrected chi connectivity index (χ4v) is 3.66. The van der Waals surface area contributed by atoms with Gasteiger partial charge in [0.05, 0.1) is 18.4 Å². The van der Waals surface area contributed by atoms with Gasteiger partial charge in [-0.15, -0.1) is 0 Å². The van der Waals surface area contributed by atoms with Gasteiger partial charge in [0.1, 0.15) is 11.6 Å². The molecule has 0 saturated heterocycles. The highest BCUT2D eigenvalue weighted by molar-refractivity contribution is 5.62. The van der Waals surface area contributed by atoms with Crippen LogP contribution in [0, 0.1) is 5.82 Å². The summed E-state index contributed by atoms with van der Waals surface area (Å²) in [6.07, 6.45) is 7.12. The maximum Gasteiger partial charge on any atom is 0.228 e. The second kappa shape index (κ2) is 7.33. The summed E-state index contributed by atoms with van der Waals surface area (Å²) in [5.41, 5.74) is 3.37. The number of nitrogens with zero attached hydrogens (tertiary/aromatic N) is 6. The summed E-state index contributed by atoms with van der Waals surface area (Å²) in [5.74, 6) is 1.69. The van der Waals surface area contributed by atoms with Crippen LogP contribution < -0.4 is 10.6 Å². The fraction of sp³-hybridized carbons (Fsp3) is 0.286. The third kappa shape index (κ3) is 3.32. The van der Waals surface area contributed by atoms with Crippen LogP contribution in [-0.2, 0) is 6.42 Å². The normalized spacial score (nSPS) is 15.8. The van der Waals surface area contributed by atoms with Gasteiger partial charge in [-0.1, -0.05) is 19.9 Å². The first-order valence-electron chi connectivity index (χ1n) is 9.89. The highest BCUT2D eigenvalue weighted by Gasteiger charge is 2.22. The van der Waals surface area contributed by atoms with E-state index >= 15 is 0 Å². The molecule has 152 valence electrons. The maximum absolute atomic E-state index is 13.8. The number of hydrogen-bond acceptors (Lipinski definition) is 7. The molecule has 2 N–H and O–H groups in total. The Labute approximate surface area is 172 Å². The molecule has 4 aromatic rings. The van der Waals surface area contributed by atoms with Crippen LogP contribution >= 0.6 is 0 Å². The Kier molecular flexibility index (Phi) is 4.50. The van der Waals surface area contributed by atoms with E-state index < -0.39 is 5.82 Å². The predicted molar refractivity (Wildman–Crippen MR) is 112 cm³/mol. The second-order valence-electron chi connectivity index (χ2n) is 7.69. The third-order valence-electron chi connectivity index (χ3n) is 5.19. The SMILES string of the molecule is CC(C)c1cnn2c(NC3CNc4ncccc4C3)nc(-c3cncc(F)c3)nc12. The van der Waals surface area contributed by atoms with Gasteiger partial charge >= 0.3 is 0 Å². The zero-order valence-electron chi connectivity index (χ0n) is 16.7. The first-order valence-corrected chi connectivity index (χ1v) is 9.89. The molecular formula is C21H21FN8. The molecular weight excluding hydrogens is 383 g/mol. The highest BCUT2D eigenvalue weighted by atomic mass is 19.1. The smallest absolute Gasteiger partial charge is 0.228 e. The molecule has 1 atom stereocenters. The molecule has 30 heavy (non-hydrogen) atoms. The van der Waals surface area contributed by atoms with Crippen LogP contribution in [0.25, 0.3) is 17.0 Å². The molecule has 0 radical (unpaired) electrons. The van der Waals surface area contributed by atoms with E-state index in [0.29, 0.717) is 29.5 Å². The zero-order chi connectivity index (χ0) is 20.7. The summed E-state index contributed by atoms with van der Waals surface area (Å²) in [5, 5.41) is 11.3. The first kappa shape index (κ1) is 18.4. The lowest BCUT2D eigenvalue weighted by Crippen LogP contribution is -2.36. The molecule has 0 fully saturated rings. The first-order chi connectivity index (χ1) is 14.6. The van der Waals surface area contributed by atoms with Crippen LogP contribution in [0.4, 0.5) is 16.2 Å². The summed E-state index contributed by atoms with van der Waals surface area (Å²) < 4.78 is 15.5. The Balaban J connectivity index is 1.57. The number of fused-ring (bicyclic) bond motifs is 2. The van der Waals surface area contributed by atoms with E-state index in [1.165, 1.54) is 12.3 Å². The van der Waals surface area contributed by atoms with Crippen molar-refractivity contribution in [3.63, 3.8) is 0 Å². The minimum atomic E-state index is -0.427. The molecule has 0 spiro atoms. The maximum atomic E-state index is 13.8. The van der Waals surface area contributed by atoms with Gasteiger partial charge in [-0.2, -0.15) is 14.6 Å². The van der Waals surface area contributed by atoms with Crippen molar-refractivity contribution in [2.45, 2.75) is 32.2 Å². The van der Waals surface area contributed by atoms with Crippen molar-refractivity contribution in [1.29, 1.82) is 0 Å². The van der Waals surface area contributed by atoms with E-state index in [1.54, 1.807) is 16.9 Å². The standard InChI is InChI=1S/C21H21FN8/c1-12(2)17-11-26-30-20(17)28-19(14-6-15(22)9-23-8-14)29-21(30)27-16-7-13-4-3-5-24-18(13)25-10-16/h3-6,8-9,11-12,16H,7,10H2,1-2H3,(H,24,25)(H,27,28,29). The number of nitrogens with one attached hydrogen (secondary N) is 2. The van der Waals surface area contributed by atoms with Crippen LogP contribution in [0.5, 0.6) is 0 Å². The second-order valence-corrected chi connectivity index (χ2v) is 7.69. The molecule has 0 amide bonds. The molecule has 1 unspecified atom stereocenters. The summed E-state index contributed by atoms with van der Waals surface area (Å²) in [7, 11) is 0. The van der Waals surface area contributed by atoms with Gasteiger partial charge in [0.15, 0.2) is 11.5 Å². The Morgan fingerprint density at radius 3 is 2.97 bits per heavy atom. The van der Waals surface area contributed by atoms with E-state index in [0.717, 1.165) is 23.4 Å². The Morgan fingerprint density at radius 1 is 1.23 bits per heavy atom. The summed E-state index contributed by atoms with van der Waals surface area (Å²) in [6.45, 7) is 4.87. The number of aromatic nitrogens is 6. The summed E-state index contributed by atoms with van der Waals surface area (Å²) >= 11 is 0. The van der Waals surface area contributed by atoms with Crippen molar-refractivity contribution >= 4 is 17.4 Å². The van der Waals surface area contributed by atoms with Crippen molar-refractivity contribution in [2.75, 3.05) is 17.2 Å². The summed E-state index contributed by atoms with van der Waals surface area (Å²) in [6, 6.07) is 5.47. The lowest BCUT2D eigenvalue weighted by atomic mass is 10.0. The predicted octanol–water partition coefficient (Wildman–Crippen LogP) is 3.29. The Hall–Kier alpha value is -3.62. The largest absolute Gasteiger partial charge is 0.368 e. The van der Waals surface area contributed by atoms with Crippen LogP contribution in [0.1, 0.15) is 30.9 Å². The molecule has 9 heteroatoms. The third-order valence-corrected chi connectivity index (χ3v) is 5.19. The van der Waals surface area contributed by atoms with Crippen LogP contribution in [-0.4, -0.2) is 42.1 Å². The Bertz CT molecular complexity index is 1220. The number of halogens is 1. The van der Waals surface area contributed by atoms with Crippen LogP contribution in [0.2, 0.25) is 0 Å². The molecule has 4 aromatic heterocycles. The minimum absolute atomic E-state index is 0.0879. The topological polar surface area (TPSA) is 92.9 Å². The van der Waals surface area contributed by atoms with Crippen molar-refractivity contribution in [2.24, 2.45) is 0 Å². The van der Waals surface area contributed by atoms with Crippen molar-refractivity contribution in [3.05, 3.63) is 59.9 Å². The van der Waals surface area contributed by atoms with E-state index in [4.69, 9.17) is 0 Å². The molecule has 0 aromatic carbocycles. The summed E-state index contributed by atoms with van der Waals surface area (Å²) in [4.78, 5) is 17.7. The zero-order valence-corrected chi connectivity index (χ0v) is 16.7. The van der Waals surface area contributed by atoms with Gasteiger partial charge in [0.2, 0.25) is 5.95 Å². The molecule has 5 rings (SSSR count). The van der Waals surface area contributed by atoms with Crippen LogP contribution in [0.3, 0.4) is 0 Å². The van der Waals surface area contributed by atoms with E-state index in [1.807, 2.05) is 12.3 Å². The van der Waals surface area contributed by atoms with Gasteiger partial charge in [0, 0.05) is 30.1 Å². The lowest BCUT2D eigenvalue weighted by molar-refractivity contribution is 0.621. The lowest BCUT2D eigenvalue weighted by Gasteiger charge is -2.26. The van der Waals surface area contributed by atoms with Crippen molar-refractivity contribution in [1.82, 2.24) is 29.5 Å². The Morgan fingerprint density at radius 2 is 2.13 bits per heavy atom. The molecule has 5 heterocycles. The average Bonchev–Trinajstić information content (AvgIpc) is 3.18. The molecule has 8 nitrogen and oxygen atoms in total. The average molecular weight is 404 g/mol. The monoisotopic (exact) mass is 404 g/mol. The molecule has 0 aliphatic carbocycles. The van der Waals surface area contributed by atoms with Gasteiger partial charge in [-0.3, -0.25) is 4.98 Å². The minimum Gasteiger partial charge on any atom is -0.368 e. The molecule has 0 bridgehead atoms. The number of anilines is 2. The fourth-order valence-electron chi connectivity index (χ4n) is 3.66. The number of pyridine rings is 2. The van der Waals surface area contributed by atoms with Crippen LogP contribution in [0.15, 0.2) is 43.0 Å².